The van der Waals surface area contributed by atoms with Crippen LogP contribution in [0, 0.1) is 0 Å². The van der Waals surface area contributed by atoms with Crippen LogP contribution in [0.5, 0.6) is 0 Å². The zero-order valence-corrected chi connectivity index (χ0v) is 16.0. The lowest BCUT2D eigenvalue weighted by molar-refractivity contribution is -0.129. The lowest BCUT2D eigenvalue weighted by atomic mass is 10.1. The molecule has 0 bridgehead atoms. The molecule has 8 heteroatoms. The molecular formula is C19H21N5O2S. The van der Waals surface area contributed by atoms with Gasteiger partial charge in [-0.2, -0.15) is 8.75 Å². The number of carbonyl (C=O) groups is 2. The normalized spacial score (nSPS) is 10.6. The third-order valence-corrected chi connectivity index (χ3v) is 4.75. The third kappa shape index (κ3) is 4.59. The maximum absolute atomic E-state index is 12.4. The van der Waals surface area contributed by atoms with E-state index in [-0.39, 0.29) is 18.4 Å². The number of carbonyl (C=O) groups excluding carboxylic acids is 2. The fourth-order valence-corrected chi connectivity index (χ4v) is 3.31. The molecule has 0 atom stereocenters. The van der Waals surface area contributed by atoms with E-state index in [2.05, 4.69) is 19.4 Å². The quantitative estimate of drug-likeness (QED) is 0.655. The molecule has 3 rings (SSSR count). The van der Waals surface area contributed by atoms with Crippen molar-refractivity contribution in [2.45, 2.75) is 20.4 Å². The van der Waals surface area contributed by atoms with Gasteiger partial charge in [-0.15, -0.1) is 0 Å². The van der Waals surface area contributed by atoms with Gasteiger partial charge in [0.15, 0.2) is 0 Å². The standard InChI is InChI=1S/C19H21N5O2S/c1-3-24(13(2)25)12-14-7-4-5-8-15(14)20-11-18(26)21-16-9-6-10-17-19(16)23-27-22-17/h4-10,20H,3,11-12H2,1-2H3,(H,21,26). The second kappa shape index (κ2) is 8.59. The van der Waals surface area contributed by atoms with E-state index < -0.39 is 0 Å². The second-order valence-corrected chi connectivity index (χ2v) is 6.56. The van der Waals surface area contributed by atoms with Gasteiger partial charge in [0.1, 0.15) is 11.0 Å². The monoisotopic (exact) mass is 383 g/mol. The fraction of sp³-hybridized carbons (Fsp3) is 0.263. The Hall–Kier alpha value is -3.00. The lowest BCUT2D eigenvalue weighted by Crippen LogP contribution is -2.28. The molecule has 0 saturated carbocycles. The predicted molar refractivity (Wildman–Crippen MR) is 108 cm³/mol. The Balaban J connectivity index is 1.65. The van der Waals surface area contributed by atoms with Gasteiger partial charge < -0.3 is 15.5 Å². The number of nitrogens with zero attached hydrogens (tertiary/aromatic N) is 3. The van der Waals surface area contributed by atoms with Crippen molar-refractivity contribution in [3.05, 3.63) is 48.0 Å². The number of rotatable bonds is 7. The largest absolute Gasteiger partial charge is 0.376 e. The molecule has 27 heavy (non-hydrogen) atoms. The van der Waals surface area contributed by atoms with Gasteiger partial charge in [0.2, 0.25) is 11.8 Å². The van der Waals surface area contributed by atoms with E-state index in [0.717, 1.165) is 28.5 Å². The summed E-state index contributed by atoms with van der Waals surface area (Å²) in [5, 5.41) is 6.03. The first-order chi connectivity index (χ1) is 13.1. The van der Waals surface area contributed by atoms with E-state index in [1.165, 1.54) is 0 Å². The van der Waals surface area contributed by atoms with Gasteiger partial charge in [-0.05, 0) is 30.7 Å². The number of anilines is 2. The van der Waals surface area contributed by atoms with Crippen LogP contribution in [0.1, 0.15) is 19.4 Å². The zero-order chi connectivity index (χ0) is 19.2. The van der Waals surface area contributed by atoms with Crippen LogP contribution in [0.4, 0.5) is 11.4 Å². The summed E-state index contributed by atoms with van der Waals surface area (Å²) in [6.07, 6.45) is 0. The molecule has 3 aromatic rings. The van der Waals surface area contributed by atoms with Gasteiger partial charge in [0.05, 0.1) is 24.0 Å². The summed E-state index contributed by atoms with van der Waals surface area (Å²) in [6, 6.07) is 13.2. The molecule has 2 N–H and O–H groups in total. The number of aromatic nitrogens is 2. The molecule has 7 nitrogen and oxygen atoms in total. The summed E-state index contributed by atoms with van der Waals surface area (Å²) in [5.41, 5.74) is 3.90. The van der Waals surface area contributed by atoms with E-state index >= 15 is 0 Å². The smallest absolute Gasteiger partial charge is 0.243 e. The van der Waals surface area contributed by atoms with Gasteiger partial charge >= 0.3 is 0 Å². The van der Waals surface area contributed by atoms with E-state index in [9.17, 15) is 9.59 Å². The van der Waals surface area contributed by atoms with Crippen LogP contribution in [0.25, 0.3) is 11.0 Å². The third-order valence-electron chi connectivity index (χ3n) is 4.21. The summed E-state index contributed by atoms with van der Waals surface area (Å²) in [5.74, 6) is -0.153. The maximum atomic E-state index is 12.4. The first kappa shape index (κ1) is 18.8. The molecule has 2 amide bonds. The van der Waals surface area contributed by atoms with Crippen LogP contribution in [0.15, 0.2) is 42.5 Å². The summed E-state index contributed by atoms with van der Waals surface area (Å²) < 4.78 is 8.39. The van der Waals surface area contributed by atoms with Gasteiger partial charge in [0, 0.05) is 25.7 Å². The van der Waals surface area contributed by atoms with Crippen molar-refractivity contribution < 1.29 is 9.59 Å². The first-order valence-electron chi connectivity index (χ1n) is 8.67. The Morgan fingerprint density at radius 2 is 1.85 bits per heavy atom. The molecule has 1 heterocycles. The highest BCUT2D eigenvalue weighted by Gasteiger charge is 2.12. The van der Waals surface area contributed by atoms with Crippen molar-refractivity contribution in [1.29, 1.82) is 0 Å². The van der Waals surface area contributed by atoms with Crippen molar-refractivity contribution in [3.63, 3.8) is 0 Å². The highest BCUT2D eigenvalue weighted by atomic mass is 32.1. The van der Waals surface area contributed by atoms with Crippen LogP contribution in [-0.2, 0) is 16.1 Å². The molecule has 0 aliphatic rings. The maximum Gasteiger partial charge on any atom is 0.243 e. The minimum atomic E-state index is -0.177. The van der Waals surface area contributed by atoms with Crippen LogP contribution in [-0.4, -0.2) is 38.6 Å². The molecular weight excluding hydrogens is 362 g/mol. The molecule has 0 aliphatic heterocycles. The van der Waals surface area contributed by atoms with Crippen LogP contribution in [0.3, 0.4) is 0 Å². The van der Waals surface area contributed by atoms with E-state index in [1.54, 1.807) is 11.8 Å². The van der Waals surface area contributed by atoms with E-state index in [0.29, 0.717) is 24.3 Å². The average Bonchev–Trinajstić information content (AvgIpc) is 3.15. The fourth-order valence-electron chi connectivity index (χ4n) is 2.76. The zero-order valence-electron chi connectivity index (χ0n) is 15.2. The van der Waals surface area contributed by atoms with Crippen molar-refractivity contribution >= 4 is 46.0 Å². The number of fused-ring (bicyclic) bond motifs is 1. The molecule has 0 spiro atoms. The molecule has 0 fully saturated rings. The number of hydrogen-bond donors (Lipinski definition) is 2. The minimum absolute atomic E-state index is 0.0232. The molecule has 0 radical (unpaired) electrons. The summed E-state index contributed by atoms with van der Waals surface area (Å²) >= 11 is 1.12. The van der Waals surface area contributed by atoms with Crippen molar-refractivity contribution in [2.24, 2.45) is 0 Å². The van der Waals surface area contributed by atoms with Crippen molar-refractivity contribution in [2.75, 3.05) is 23.7 Å². The van der Waals surface area contributed by atoms with E-state index in [4.69, 9.17) is 0 Å². The average molecular weight is 383 g/mol. The number of amides is 2. The summed E-state index contributed by atoms with van der Waals surface area (Å²) in [6.45, 7) is 4.74. The Morgan fingerprint density at radius 1 is 1.07 bits per heavy atom. The van der Waals surface area contributed by atoms with Gasteiger partial charge in [-0.3, -0.25) is 9.59 Å². The summed E-state index contributed by atoms with van der Waals surface area (Å²) in [4.78, 5) is 25.8. The highest BCUT2D eigenvalue weighted by molar-refractivity contribution is 7.00. The lowest BCUT2D eigenvalue weighted by Gasteiger charge is -2.21. The Bertz CT molecular complexity index is 956. The Kier molecular flexibility index (Phi) is 5.97. The Morgan fingerprint density at radius 3 is 2.63 bits per heavy atom. The number of benzene rings is 2. The van der Waals surface area contributed by atoms with Crippen molar-refractivity contribution in [1.82, 2.24) is 13.6 Å². The molecule has 2 aromatic carbocycles. The highest BCUT2D eigenvalue weighted by Crippen LogP contribution is 2.21. The van der Waals surface area contributed by atoms with Crippen LogP contribution in [0.2, 0.25) is 0 Å². The van der Waals surface area contributed by atoms with Crippen molar-refractivity contribution in [3.8, 4) is 0 Å². The number of nitrogens with one attached hydrogen (secondary N) is 2. The Labute approximate surface area is 161 Å². The summed E-state index contributed by atoms with van der Waals surface area (Å²) in [7, 11) is 0. The van der Waals surface area contributed by atoms with E-state index in [1.807, 2.05) is 49.4 Å². The topological polar surface area (TPSA) is 87.2 Å². The molecule has 0 aliphatic carbocycles. The van der Waals surface area contributed by atoms with Gasteiger partial charge in [-0.1, -0.05) is 24.3 Å². The van der Waals surface area contributed by atoms with Crippen LogP contribution < -0.4 is 10.6 Å². The molecule has 0 saturated heterocycles. The van der Waals surface area contributed by atoms with Gasteiger partial charge in [-0.25, -0.2) is 0 Å². The minimum Gasteiger partial charge on any atom is -0.376 e. The SMILES string of the molecule is CCN(Cc1ccccc1NCC(=O)Nc1cccc2nsnc12)C(C)=O. The van der Waals surface area contributed by atoms with Crippen LogP contribution >= 0.6 is 11.7 Å². The molecule has 1 aromatic heterocycles. The predicted octanol–water partition coefficient (Wildman–Crippen LogP) is 3.11. The first-order valence-corrected chi connectivity index (χ1v) is 9.40. The second-order valence-electron chi connectivity index (χ2n) is 6.03. The number of hydrogen-bond acceptors (Lipinski definition) is 6. The molecule has 140 valence electrons. The number of para-hydroxylation sites is 1. The molecule has 0 unspecified atom stereocenters. The van der Waals surface area contributed by atoms with Gasteiger partial charge in [0.25, 0.3) is 0 Å².